The molecule has 2 aliphatic carbocycles. The summed E-state index contributed by atoms with van der Waals surface area (Å²) in [7, 11) is 0. The highest BCUT2D eigenvalue weighted by molar-refractivity contribution is 5.46. The molecule has 3 N–H and O–H groups in total. The summed E-state index contributed by atoms with van der Waals surface area (Å²) in [5, 5.41) is 30.4. The molecule has 0 saturated heterocycles. The lowest BCUT2D eigenvalue weighted by Gasteiger charge is -2.37. The second-order valence-corrected chi connectivity index (χ2v) is 13.6. The minimum Gasteiger partial charge on any atom is -0.393 e. The van der Waals surface area contributed by atoms with E-state index < -0.39 is 12.2 Å². The first-order valence-electron chi connectivity index (χ1n) is 15.4. The molecule has 0 amide bonds. The van der Waals surface area contributed by atoms with Crippen LogP contribution >= 0.6 is 0 Å². The van der Waals surface area contributed by atoms with Crippen molar-refractivity contribution in [3.05, 3.63) is 117 Å². The van der Waals surface area contributed by atoms with Crippen LogP contribution < -0.4 is 0 Å². The Morgan fingerprint density at radius 2 is 1.26 bits per heavy atom. The van der Waals surface area contributed by atoms with Crippen molar-refractivity contribution in [3.63, 3.8) is 0 Å². The molecule has 3 atom stereocenters. The lowest BCUT2D eigenvalue weighted by Crippen LogP contribution is -2.39. The van der Waals surface area contributed by atoms with Crippen LogP contribution in [0.1, 0.15) is 88.5 Å². The predicted molar refractivity (Wildman–Crippen MR) is 184 cm³/mol. The Balaban J connectivity index is 1.94. The fraction of sp³-hybridized carbons (Fsp3) is 0.450. The predicted octanol–water partition coefficient (Wildman–Crippen LogP) is 8.97. The van der Waals surface area contributed by atoms with Gasteiger partial charge in [-0.05, 0) is 82.9 Å². The molecule has 0 aliphatic heterocycles. The zero-order valence-electron chi connectivity index (χ0n) is 28.1. The summed E-state index contributed by atoms with van der Waals surface area (Å²) >= 11 is 0. The zero-order valence-corrected chi connectivity index (χ0v) is 28.1. The third-order valence-corrected chi connectivity index (χ3v) is 8.23. The maximum absolute atomic E-state index is 10.2. The van der Waals surface area contributed by atoms with Crippen LogP contribution in [0.15, 0.2) is 117 Å². The molecule has 0 saturated carbocycles. The smallest absolute Gasteiger partial charge is 0.102 e. The monoisotopic (exact) mass is 582 g/mol. The summed E-state index contributed by atoms with van der Waals surface area (Å²) < 4.78 is 0. The molecule has 43 heavy (non-hydrogen) atoms. The number of allylic oxidation sites excluding steroid dienone is 18. The molecule has 0 heterocycles. The summed E-state index contributed by atoms with van der Waals surface area (Å²) in [5.74, 6) is 6.46. The van der Waals surface area contributed by atoms with Gasteiger partial charge in [0.15, 0.2) is 0 Å². The van der Waals surface area contributed by atoms with E-state index in [2.05, 4.69) is 116 Å². The highest BCUT2D eigenvalue weighted by Gasteiger charge is 2.37. The maximum atomic E-state index is 10.2. The van der Waals surface area contributed by atoms with Crippen molar-refractivity contribution in [2.24, 2.45) is 10.8 Å². The molecule has 0 unspecified atom stereocenters. The van der Waals surface area contributed by atoms with Gasteiger partial charge in [-0.2, -0.15) is 0 Å². The van der Waals surface area contributed by atoms with Gasteiger partial charge in [0.05, 0.1) is 12.2 Å². The highest BCUT2D eigenvalue weighted by atomic mass is 16.3. The maximum Gasteiger partial charge on any atom is 0.102 e. The average molecular weight is 583 g/mol. The van der Waals surface area contributed by atoms with Crippen molar-refractivity contribution < 1.29 is 15.3 Å². The number of hydrogen-bond donors (Lipinski definition) is 3. The van der Waals surface area contributed by atoms with Crippen LogP contribution in [0.5, 0.6) is 0 Å². The summed E-state index contributed by atoms with van der Waals surface area (Å²) in [5.41, 5.74) is 8.45. The molecule has 3 nitrogen and oxygen atoms in total. The lowest BCUT2D eigenvalue weighted by atomic mass is 9.71. The number of aliphatic hydroxyl groups excluding tert-OH is 3. The van der Waals surface area contributed by atoms with Crippen LogP contribution in [0.25, 0.3) is 0 Å². The van der Waals surface area contributed by atoms with Gasteiger partial charge in [0.2, 0.25) is 0 Å². The number of hydrogen-bond acceptors (Lipinski definition) is 3. The molecule has 3 heteroatoms. The summed E-state index contributed by atoms with van der Waals surface area (Å²) in [4.78, 5) is 0. The van der Waals surface area contributed by atoms with Gasteiger partial charge in [0.25, 0.3) is 0 Å². The molecular formula is C40H54O3. The highest BCUT2D eigenvalue weighted by Crippen LogP contribution is 2.41. The summed E-state index contributed by atoms with van der Waals surface area (Å²) in [6.07, 6.45) is 25.2. The molecule has 2 aliphatic rings. The standard InChI is InChI=1S/C40H54O3/c1-28(17-13-19-30(3)21-23-35-32(5)25-34(41)26-39(35,7)8)15-11-12-16-29(2)18-14-20-31(4)22-24-36-33(6)38(43)37(42)27-40(36,9)10/h11-21,23,34,37-38,41-43H,25-27H2,1-10H3/b12-11+,17-13+,18-14+,23-21+,28-15+,29-16+,30-19+,31-20+/t34-,37+,38-/m1/s1. The number of rotatable bonds is 8. The van der Waals surface area contributed by atoms with Gasteiger partial charge in [-0.25, -0.2) is 0 Å². The SMILES string of the molecule is CC1=C(/C=C/C(C)=C/C=C/C(C)=C/C=C/C=C(C)/C=C/C=C(\C)C#CC2=C(C)[C@@H](O)[C@@H](O)CC2(C)C)C(C)(C)C[C@H](O)C1. The second-order valence-electron chi connectivity index (χ2n) is 13.6. The van der Waals surface area contributed by atoms with Gasteiger partial charge >= 0.3 is 0 Å². The van der Waals surface area contributed by atoms with E-state index in [0.29, 0.717) is 6.42 Å². The molecule has 0 aromatic rings. The van der Waals surface area contributed by atoms with Crippen LogP contribution in [-0.2, 0) is 0 Å². The normalized spacial score (nSPS) is 25.9. The Labute approximate surface area is 261 Å². The van der Waals surface area contributed by atoms with E-state index in [-0.39, 0.29) is 16.9 Å². The van der Waals surface area contributed by atoms with Gasteiger partial charge in [-0.15, -0.1) is 0 Å². The van der Waals surface area contributed by atoms with Crippen LogP contribution in [0, 0.1) is 22.7 Å². The van der Waals surface area contributed by atoms with Crippen molar-refractivity contribution in [2.75, 3.05) is 0 Å². The van der Waals surface area contributed by atoms with Gasteiger partial charge in [0.1, 0.15) is 6.10 Å². The molecule has 0 radical (unpaired) electrons. The minimum atomic E-state index is -0.843. The van der Waals surface area contributed by atoms with E-state index in [9.17, 15) is 15.3 Å². The fourth-order valence-electron chi connectivity index (χ4n) is 5.85. The summed E-state index contributed by atoms with van der Waals surface area (Å²) in [6.45, 7) is 20.8. The third-order valence-electron chi connectivity index (χ3n) is 8.23. The van der Waals surface area contributed by atoms with E-state index in [1.807, 2.05) is 38.2 Å². The Bertz CT molecular complexity index is 1380. The molecule has 2 rings (SSSR count). The average Bonchev–Trinajstić information content (AvgIpc) is 2.88. The third kappa shape index (κ3) is 11.5. The summed E-state index contributed by atoms with van der Waals surface area (Å²) in [6, 6.07) is 0. The molecule has 0 aromatic carbocycles. The van der Waals surface area contributed by atoms with Crippen LogP contribution in [0.4, 0.5) is 0 Å². The Hall–Kier alpha value is -3.16. The van der Waals surface area contributed by atoms with Crippen molar-refractivity contribution in [1.82, 2.24) is 0 Å². The van der Waals surface area contributed by atoms with Crippen molar-refractivity contribution in [3.8, 4) is 11.8 Å². The Morgan fingerprint density at radius 1 is 0.721 bits per heavy atom. The lowest BCUT2D eigenvalue weighted by molar-refractivity contribution is 0.00721. The second kappa shape index (κ2) is 16.1. The first-order chi connectivity index (χ1) is 20.0. The first-order valence-corrected chi connectivity index (χ1v) is 15.4. The zero-order chi connectivity index (χ0) is 32.4. The van der Waals surface area contributed by atoms with Crippen molar-refractivity contribution >= 4 is 0 Å². The quantitative estimate of drug-likeness (QED) is 0.198. The van der Waals surface area contributed by atoms with E-state index in [1.165, 1.54) is 16.7 Å². The van der Waals surface area contributed by atoms with E-state index in [0.717, 1.165) is 40.7 Å². The Morgan fingerprint density at radius 3 is 1.84 bits per heavy atom. The molecular weight excluding hydrogens is 528 g/mol. The molecule has 0 spiro atoms. The minimum absolute atomic E-state index is 0.00510. The Kier molecular flexibility index (Phi) is 13.5. The van der Waals surface area contributed by atoms with Crippen molar-refractivity contribution in [2.45, 2.75) is 107 Å². The van der Waals surface area contributed by atoms with E-state index in [4.69, 9.17) is 0 Å². The van der Waals surface area contributed by atoms with Crippen LogP contribution in [0.3, 0.4) is 0 Å². The van der Waals surface area contributed by atoms with Crippen LogP contribution in [-0.4, -0.2) is 33.6 Å². The number of aliphatic hydroxyl groups is 3. The van der Waals surface area contributed by atoms with Gasteiger partial charge in [-0.3, -0.25) is 0 Å². The fourth-order valence-corrected chi connectivity index (χ4v) is 5.85. The van der Waals surface area contributed by atoms with E-state index in [1.54, 1.807) is 0 Å². The van der Waals surface area contributed by atoms with Crippen molar-refractivity contribution in [1.29, 1.82) is 0 Å². The van der Waals surface area contributed by atoms with Gasteiger partial charge in [0, 0.05) is 11.0 Å². The van der Waals surface area contributed by atoms with Gasteiger partial charge in [-0.1, -0.05) is 135 Å². The molecule has 0 fully saturated rings. The molecule has 0 aromatic heterocycles. The van der Waals surface area contributed by atoms with Crippen LogP contribution in [0.2, 0.25) is 0 Å². The molecule has 0 bridgehead atoms. The van der Waals surface area contributed by atoms with E-state index >= 15 is 0 Å². The first kappa shape index (κ1) is 36.0. The molecule has 232 valence electrons. The topological polar surface area (TPSA) is 60.7 Å². The van der Waals surface area contributed by atoms with Gasteiger partial charge < -0.3 is 15.3 Å². The largest absolute Gasteiger partial charge is 0.393 e.